The molecular weight excluding hydrogens is 199 g/mol. The first-order valence-corrected chi connectivity index (χ1v) is 8.48. The fourth-order valence-electron chi connectivity index (χ4n) is 2.92. The maximum absolute atomic E-state index is 2.41. The smallest absolute Gasteiger partial charge is 0.0620 e. The van der Waals surface area contributed by atoms with Crippen molar-refractivity contribution in [2.75, 3.05) is 12.3 Å². The van der Waals surface area contributed by atoms with E-state index in [0.29, 0.717) is 0 Å². The van der Waals surface area contributed by atoms with Crippen LogP contribution in [-0.2, 0) is 0 Å². The second-order valence-corrected chi connectivity index (χ2v) is 9.17. The van der Waals surface area contributed by atoms with Crippen LogP contribution in [0.25, 0.3) is 0 Å². The van der Waals surface area contributed by atoms with Crippen LogP contribution in [0.1, 0.15) is 33.1 Å². The first-order valence-electron chi connectivity index (χ1n) is 6.26. The Hall–Kier alpha value is -0.350. The molecule has 0 nitrogen and oxygen atoms in total. The van der Waals surface area contributed by atoms with Gasteiger partial charge in [-0.3, -0.25) is 0 Å². The van der Waals surface area contributed by atoms with Crippen LogP contribution >= 0.6 is 7.26 Å². The van der Waals surface area contributed by atoms with Crippen molar-refractivity contribution in [2.24, 2.45) is 0 Å². The molecule has 0 saturated heterocycles. The Balaban J connectivity index is 2.32. The van der Waals surface area contributed by atoms with Gasteiger partial charge in [0.1, 0.15) is 0 Å². The molecule has 1 aromatic rings. The minimum absolute atomic E-state index is 0.815. The van der Waals surface area contributed by atoms with Gasteiger partial charge in [-0.1, -0.05) is 18.2 Å². The van der Waals surface area contributed by atoms with Crippen molar-refractivity contribution < 1.29 is 0 Å². The molecule has 82 valence electrons. The molecule has 2 rings (SSSR count). The van der Waals surface area contributed by atoms with Gasteiger partial charge in [-0.05, 0) is 45.2 Å². The van der Waals surface area contributed by atoms with Gasteiger partial charge < -0.3 is 0 Å². The van der Waals surface area contributed by atoms with Gasteiger partial charge in [0.15, 0.2) is 0 Å². The van der Waals surface area contributed by atoms with E-state index in [-0.39, 0.29) is 0 Å². The minimum atomic E-state index is -0.815. The van der Waals surface area contributed by atoms with Crippen LogP contribution in [0.2, 0.25) is 0 Å². The van der Waals surface area contributed by atoms with E-state index in [4.69, 9.17) is 0 Å². The van der Waals surface area contributed by atoms with E-state index in [9.17, 15) is 0 Å². The predicted octanol–water partition coefficient (Wildman–Crippen LogP) is 3.92. The van der Waals surface area contributed by atoms with E-state index >= 15 is 0 Å². The van der Waals surface area contributed by atoms with E-state index in [1.54, 1.807) is 5.30 Å². The fraction of sp³-hybridized carbons (Fsp3) is 0.571. The maximum Gasteiger partial charge on any atom is 0.0942 e. The summed E-state index contributed by atoms with van der Waals surface area (Å²) in [6, 6.07) is 11.3. The van der Waals surface area contributed by atoms with Crippen molar-refractivity contribution in [1.82, 2.24) is 0 Å². The van der Waals surface area contributed by atoms with Crippen LogP contribution < -0.4 is 5.30 Å². The van der Waals surface area contributed by atoms with Crippen molar-refractivity contribution in [3.63, 3.8) is 0 Å². The predicted molar refractivity (Wildman–Crippen MR) is 71.7 cm³/mol. The highest BCUT2D eigenvalue weighted by atomic mass is 31.2. The molecule has 0 unspecified atom stereocenters. The Labute approximate surface area is 94.4 Å². The maximum atomic E-state index is 2.41. The summed E-state index contributed by atoms with van der Waals surface area (Å²) < 4.78 is 0. The summed E-state index contributed by atoms with van der Waals surface area (Å²) in [5.74, 6) is 0. The second kappa shape index (κ2) is 4.66. The molecule has 0 N–H and O–H groups in total. The van der Waals surface area contributed by atoms with Crippen molar-refractivity contribution >= 4 is 12.6 Å². The Morgan fingerprint density at radius 2 is 1.67 bits per heavy atom. The molecule has 0 atom stereocenters. The van der Waals surface area contributed by atoms with Crippen molar-refractivity contribution in [3.05, 3.63) is 30.3 Å². The molecule has 0 aliphatic heterocycles. The zero-order valence-corrected chi connectivity index (χ0v) is 10.8. The average molecular weight is 221 g/mol. The molecule has 1 fully saturated rings. The van der Waals surface area contributed by atoms with Gasteiger partial charge in [-0.2, -0.15) is 0 Å². The first-order chi connectivity index (χ1) is 7.33. The summed E-state index contributed by atoms with van der Waals surface area (Å²) in [5.41, 5.74) is 1.05. The lowest BCUT2D eigenvalue weighted by atomic mass is 10.00. The zero-order chi connectivity index (χ0) is 10.7. The molecule has 0 aromatic heterocycles. The van der Waals surface area contributed by atoms with Gasteiger partial charge >= 0.3 is 0 Å². The van der Waals surface area contributed by atoms with Gasteiger partial charge in [-0.25, -0.2) is 0 Å². The summed E-state index contributed by atoms with van der Waals surface area (Å²) in [5, 5.41) is 1.68. The van der Waals surface area contributed by atoms with E-state index in [0.717, 1.165) is 5.66 Å². The standard InChI is InChI=1S/C14H22P/c1-3-15(4-2,14-11-8-12-14)13-9-6-5-7-10-13/h5-7,9-10,14H,3-4,8,11-12H2,1-2H3/q+1. The number of rotatable bonds is 4. The molecule has 1 saturated carbocycles. The molecule has 1 aliphatic rings. The quantitative estimate of drug-likeness (QED) is 0.676. The molecule has 1 aliphatic carbocycles. The number of hydrogen-bond donors (Lipinski definition) is 0. The molecule has 0 amide bonds. The lowest BCUT2D eigenvalue weighted by Crippen LogP contribution is -2.31. The van der Waals surface area contributed by atoms with Crippen molar-refractivity contribution in [1.29, 1.82) is 0 Å². The summed E-state index contributed by atoms with van der Waals surface area (Å²) >= 11 is 0. The lowest BCUT2D eigenvalue weighted by Gasteiger charge is -2.38. The Morgan fingerprint density at radius 3 is 2.07 bits per heavy atom. The lowest BCUT2D eigenvalue weighted by molar-refractivity contribution is 0.510. The highest BCUT2D eigenvalue weighted by molar-refractivity contribution is 7.83. The van der Waals surface area contributed by atoms with Gasteiger partial charge in [0, 0.05) is 7.26 Å². The van der Waals surface area contributed by atoms with Crippen molar-refractivity contribution in [2.45, 2.75) is 38.8 Å². The van der Waals surface area contributed by atoms with E-state index in [1.165, 1.54) is 31.6 Å². The third kappa shape index (κ3) is 1.85. The topological polar surface area (TPSA) is 0 Å². The first kappa shape index (κ1) is 11.1. The van der Waals surface area contributed by atoms with Gasteiger partial charge in [0.2, 0.25) is 0 Å². The van der Waals surface area contributed by atoms with Crippen LogP contribution in [-0.4, -0.2) is 18.0 Å². The fourth-order valence-corrected chi connectivity index (χ4v) is 7.67. The Bertz CT molecular complexity index is 296. The molecule has 0 radical (unpaired) electrons. The summed E-state index contributed by atoms with van der Waals surface area (Å²) in [4.78, 5) is 0. The average Bonchev–Trinajstić information content (AvgIpc) is 2.24. The molecule has 0 spiro atoms. The van der Waals surface area contributed by atoms with Gasteiger partial charge in [0.05, 0.1) is 23.3 Å². The van der Waals surface area contributed by atoms with Crippen LogP contribution in [0.3, 0.4) is 0 Å². The Kier molecular flexibility index (Phi) is 3.46. The number of benzene rings is 1. The van der Waals surface area contributed by atoms with E-state index in [2.05, 4.69) is 44.2 Å². The third-order valence-corrected chi connectivity index (χ3v) is 9.67. The van der Waals surface area contributed by atoms with Crippen LogP contribution in [0.4, 0.5) is 0 Å². The van der Waals surface area contributed by atoms with Crippen LogP contribution in [0.5, 0.6) is 0 Å². The molecule has 1 aromatic carbocycles. The third-order valence-electron chi connectivity index (χ3n) is 4.17. The van der Waals surface area contributed by atoms with Crippen molar-refractivity contribution in [3.8, 4) is 0 Å². The molecule has 0 bridgehead atoms. The van der Waals surface area contributed by atoms with E-state index < -0.39 is 7.26 Å². The highest BCUT2D eigenvalue weighted by Crippen LogP contribution is 2.66. The molecule has 0 heterocycles. The van der Waals surface area contributed by atoms with Gasteiger partial charge in [-0.15, -0.1) is 0 Å². The van der Waals surface area contributed by atoms with Crippen LogP contribution in [0.15, 0.2) is 30.3 Å². The van der Waals surface area contributed by atoms with E-state index in [1.807, 2.05) is 0 Å². The highest BCUT2D eigenvalue weighted by Gasteiger charge is 2.47. The summed E-state index contributed by atoms with van der Waals surface area (Å²) in [7, 11) is -0.815. The monoisotopic (exact) mass is 221 g/mol. The normalized spacial score (nSPS) is 17.5. The minimum Gasteiger partial charge on any atom is -0.0620 e. The second-order valence-electron chi connectivity index (χ2n) is 4.59. The largest absolute Gasteiger partial charge is 0.0942 e. The summed E-state index contributed by atoms with van der Waals surface area (Å²) in [6.45, 7) is 4.81. The van der Waals surface area contributed by atoms with Crippen LogP contribution in [0, 0.1) is 0 Å². The molecule has 1 heteroatoms. The van der Waals surface area contributed by atoms with Gasteiger partial charge in [0.25, 0.3) is 0 Å². The molecular formula is C14H22P+. The summed E-state index contributed by atoms with van der Waals surface area (Å²) in [6.07, 6.45) is 7.25. The zero-order valence-electron chi connectivity index (χ0n) is 9.95. The Morgan fingerprint density at radius 1 is 1.07 bits per heavy atom. The SMILES string of the molecule is CC[P+](CC)(c1ccccc1)C1CCC1. The number of hydrogen-bond acceptors (Lipinski definition) is 0. The molecule has 15 heavy (non-hydrogen) atoms.